The van der Waals surface area contributed by atoms with Gasteiger partial charge in [-0.3, -0.25) is 0 Å². The summed E-state index contributed by atoms with van der Waals surface area (Å²) in [5.74, 6) is 0.189. The van der Waals surface area contributed by atoms with Crippen molar-refractivity contribution in [2.45, 2.75) is 19.9 Å². The maximum absolute atomic E-state index is 13.3. The van der Waals surface area contributed by atoms with E-state index in [1.165, 1.54) is 23.8 Å². The molecule has 0 spiro atoms. The Morgan fingerprint density at radius 3 is 2.80 bits per heavy atom. The van der Waals surface area contributed by atoms with E-state index >= 15 is 0 Å². The molecule has 5 rings (SSSR count). The molecule has 9 heteroatoms. The molecular formula is C21H17ClFN5OS. The van der Waals surface area contributed by atoms with E-state index in [2.05, 4.69) is 15.4 Å². The van der Waals surface area contributed by atoms with Gasteiger partial charge in [-0.2, -0.15) is 4.98 Å². The lowest BCUT2D eigenvalue weighted by Crippen LogP contribution is -2.38. The Balaban J connectivity index is 1.35. The topological polar surface area (TPSA) is 62.5 Å². The zero-order valence-electron chi connectivity index (χ0n) is 16.0. The van der Waals surface area contributed by atoms with Crippen LogP contribution in [0, 0.1) is 12.7 Å². The van der Waals surface area contributed by atoms with Crippen molar-refractivity contribution in [1.29, 1.82) is 0 Å². The Labute approximate surface area is 180 Å². The van der Waals surface area contributed by atoms with Gasteiger partial charge in [-0.25, -0.2) is 13.7 Å². The van der Waals surface area contributed by atoms with E-state index in [0.717, 1.165) is 21.1 Å². The van der Waals surface area contributed by atoms with Crippen molar-refractivity contribution in [3.63, 3.8) is 0 Å². The molecule has 0 bridgehead atoms. The van der Waals surface area contributed by atoms with Crippen LogP contribution in [-0.2, 0) is 13.0 Å². The number of carbonyl (C=O) groups excluding carboxylic acids is 1. The molecule has 0 saturated carbocycles. The van der Waals surface area contributed by atoms with E-state index in [-0.39, 0.29) is 11.1 Å². The first-order valence-electron chi connectivity index (χ1n) is 9.43. The zero-order valence-corrected chi connectivity index (χ0v) is 17.6. The number of benzene rings is 2. The van der Waals surface area contributed by atoms with Gasteiger partial charge >= 0.3 is 6.03 Å². The van der Waals surface area contributed by atoms with Crippen molar-refractivity contribution in [1.82, 2.24) is 19.5 Å². The first-order valence-corrected chi connectivity index (χ1v) is 10.6. The molecule has 30 heavy (non-hydrogen) atoms. The maximum Gasteiger partial charge on any atom is 0.322 e. The summed E-state index contributed by atoms with van der Waals surface area (Å²) in [4.78, 5) is 20.9. The number of hydrogen-bond acceptors (Lipinski definition) is 4. The van der Waals surface area contributed by atoms with Gasteiger partial charge in [0.25, 0.3) is 0 Å². The summed E-state index contributed by atoms with van der Waals surface area (Å²) in [7, 11) is 0. The fraction of sp³-hybridized carbons (Fsp3) is 0.190. The van der Waals surface area contributed by atoms with Crippen LogP contribution in [0.4, 0.5) is 14.9 Å². The van der Waals surface area contributed by atoms with Crippen LogP contribution < -0.4 is 5.32 Å². The van der Waals surface area contributed by atoms with Gasteiger partial charge in [-0.05, 0) is 25.1 Å². The summed E-state index contributed by atoms with van der Waals surface area (Å²) >= 11 is 7.34. The van der Waals surface area contributed by atoms with Gasteiger partial charge in [0, 0.05) is 29.1 Å². The van der Waals surface area contributed by atoms with Crippen LogP contribution in [0.1, 0.15) is 16.1 Å². The monoisotopic (exact) mass is 441 g/mol. The highest BCUT2D eigenvalue weighted by Gasteiger charge is 2.26. The molecule has 0 saturated heterocycles. The molecular weight excluding hydrogens is 425 g/mol. The lowest BCUT2D eigenvalue weighted by molar-refractivity contribution is 0.206. The molecule has 2 aromatic heterocycles. The molecule has 6 nitrogen and oxygen atoms in total. The zero-order chi connectivity index (χ0) is 20.8. The van der Waals surface area contributed by atoms with E-state index in [9.17, 15) is 9.18 Å². The smallest absolute Gasteiger partial charge is 0.319 e. The number of hydrogen-bond donors (Lipinski definition) is 1. The van der Waals surface area contributed by atoms with Gasteiger partial charge in [-0.1, -0.05) is 52.8 Å². The number of carbonyl (C=O) groups is 1. The predicted octanol–water partition coefficient (Wildman–Crippen LogP) is 5.15. The molecule has 2 aromatic carbocycles. The fourth-order valence-electron chi connectivity index (χ4n) is 3.46. The molecule has 2 amide bonds. The minimum absolute atomic E-state index is 0.0244. The van der Waals surface area contributed by atoms with Crippen LogP contribution in [0.3, 0.4) is 0 Å². The van der Waals surface area contributed by atoms with E-state index < -0.39 is 5.82 Å². The molecule has 1 aliphatic rings. The molecule has 1 aliphatic heterocycles. The summed E-state index contributed by atoms with van der Waals surface area (Å²) in [6.07, 6.45) is 0.684. The SMILES string of the molecule is Cc1ccc(-c2nc3sc4c(n3n2)CCN(C(=O)Nc2ccc(F)c(Cl)c2)C4)cc1. The number of aromatic nitrogens is 3. The van der Waals surface area contributed by atoms with Crippen molar-refractivity contribution in [2.24, 2.45) is 0 Å². The van der Waals surface area contributed by atoms with Gasteiger partial charge in [0.2, 0.25) is 4.96 Å². The van der Waals surface area contributed by atoms with Crippen molar-refractivity contribution in [3.05, 3.63) is 69.4 Å². The van der Waals surface area contributed by atoms with E-state index in [0.29, 0.717) is 31.0 Å². The van der Waals surface area contributed by atoms with Gasteiger partial charge in [0.15, 0.2) is 5.82 Å². The molecule has 4 aromatic rings. The Kier molecular flexibility index (Phi) is 4.67. The first kappa shape index (κ1) is 19.0. The van der Waals surface area contributed by atoms with Crippen LogP contribution in [0.2, 0.25) is 5.02 Å². The second-order valence-electron chi connectivity index (χ2n) is 7.20. The fourth-order valence-corrected chi connectivity index (χ4v) is 4.76. The van der Waals surface area contributed by atoms with Crippen LogP contribution in [0.5, 0.6) is 0 Å². The second kappa shape index (κ2) is 7.37. The molecule has 0 aliphatic carbocycles. The van der Waals surface area contributed by atoms with Crippen molar-refractivity contribution < 1.29 is 9.18 Å². The molecule has 152 valence electrons. The standard InChI is InChI=1S/C21H17ClFN5OS/c1-12-2-4-13(5-3-12)19-25-21-28(26-19)17-8-9-27(11-18(17)30-21)20(29)24-14-6-7-16(23)15(22)10-14/h2-7,10H,8-9,11H2,1H3,(H,24,29). The number of amides is 2. The lowest BCUT2D eigenvalue weighted by atomic mass is 10.1. The number of rotatable bonds is 2. The summed E-state index contributed by atoms with van der Waals surface area (Å²) in [6, 6.07) is 12.0. The molecule has 3 heterocycles. The minimum atomic E-state index is -0.517. The van der Waals surface area contributed by atoms with Gasteiger partial charge in [0.05, 0.1) is 17.3 Å². The third-order valence-corrected chi connectivity index (χ3v) is 6.44. The second-order valence-corrected chi connectivity index (χ2v) is 8.67. The van der Waals surface area contributed by atoms with E-state index in [1.807, 2.05) is 35.7 Å². The number of urea groups is 1. The Morgan fingerprint density at radius 1 is 1.23 bits per heavy atom. The molecule has 0 atom stereocenters. The van der Waals surface area contributed by atoms with Crippen molar-refractivity contribution in [2.75, 3.05) is 11.9 Å². The van der Waals surface area contributed by atoms with Crippen molar-refractivity contribution >= 4 is 39.6 Å². The van der Waals surface area contributed by atoms with Gasteiger partial charge in [0.1, 0.15) is 5.82 Å². The van der Waals surface area contributed by atoms with Crippen LogP contribution in [0.25, 0.3) is 16.3 Å². The number of nitrogens with zero attached hydrogens (tertiary/aromatic N) is 4. The summed E-state index contributed by atoms with van der Waals surface area (Å²) in [6.45, 7) is 3.08. The number of nitrogens with one attached hydrogen (secondary N) is 1. The third-order valence-electron chi connectivity index (χ3n) is 5.09. The number of anilines is 1. The highest BCUT2D eigenvalue weighted by atomic mass is 35.5. The first-order chi connectivity index (χ1) is 14.5. The number of fused-ring (bicyclic) bond motifs is 3. The minimum Gasteiger partial charge on any atom is -0.319 e. The lowest BCUT2D eigenvalue weighted by Gasteiger charge is -2.26. The predicted molar refractivity (Wildman–Crippen MR) is 116 cm³/mol. The highest BCUT2D eigenvalue weighted by molar-refractivity contribution is 7.17. The quantitative estimate of drug-likeness (QED) is 0.468. The molecule has 0 fully saturated rings. The number of thiazole rings is 1. The van der Waals surface area contributed by atoms with Gasteiger partial charge < -0.3 is 10.2 Å². The summed E-state index contributed by atoms with van der Waals surface area (Å²) in [5.41, 5.74) is 3.73. The summed E-state index contributed by atoms with van der Waals surface area (Å²) in [5, 5.41) is 7.44. The van der Waals surface area contributed by atoms with Crippen LogP contribution >= 0.6 is 22.9 Å². The average Bonchev–Trinajstić information content (AvgIpc) is 3.28. The maximum atomic E-state index is 13.3. The average molecular weight is 442 g/mol. The number of aryl methyl sites for hydroxylation is 1. The molecule has 0 unspecified atom stereocenters. The Morgan fingerprint density at radius 2 is 2.03 bits per heavy atom. The Hall–Kier alpha value is -2.97. The van der Waals surface area contributed by atoms with Crippen LogP contribution in [-0.4, -0.2) is 32.1 Å². The highest BCUT2D eigenvalue weighted by Crippen LogP contribution is 2.30. The summed E-state index contributed by atoms with van der Waals surface area (Å²) < 4.78 is 15.2. The number of halogens is 2. The Bertz CT molecular complexity index is 1270. The third kappa shape index (κ3) is 3.42. The van der Waals surface area contributed by atoms with Gasteiger partial charge in [-0.15, -0.1) is 5.10 Å². The van der Waals surface area contributed by atoms with Crippen LogP contribution in [0.15, 0.2) is 42.5 Å². The normalized spacial score (nSPS) is 13.5. The van der Waals surface area contributed by atoms with E-state index in [1.54, 1.807) is 16.2 Å². The largest absolute Gasteiger partial charge is 0.322 e. The van der Waals surface area contributed by atoms with E-state index in [4.69, 9.17) is 11.6 Å². The van der Waals surface area contributed by atoms with Crippen molar-refractivity contribution in [3.8, 4) is 11.4 Å². The molecule has 0 radical (unpaired) electrons. The molecule has 1 N–H and O–H groups in total.